The molecule has 0 spiro atoms. The summed E-state index contributed by atoms with van der Waals surface area (Å²) >= 11 is 6.20. The van der Waals surface area contributed by atoms with E-state index in [9.17, 15) is 0 Å². The Morgan fingerprint density at radius 1 is 0.523 bits per heavy atom. The quantitative estimate of drug-likeness (QED) is 0.137. The molecule has 0 N–H and O–H groups in total. The fourth-order valence-electron chi connectivity index (χ4n) is 4.62. The molecule has 0 amide bonds. The van der Waals surface area contributed by atoms with Gasteiger partial charge in [0, 0.05) is 52.6 Å². The van der Waals surface area contributed by atoms with Crippen LogP contribution >= 0.6 is 11.6 Å². The van der Waals surface area contributed by atoms with Gasteiger partial charge in [-0.15, -0.1) is 0 Å². The third kappa shape index (κ3) is 6.72. The fourth-order valence-corrected chi connectivity index (χ4v) is 4.70. The molecule has 2 aromatic carbocycles. The van der Waals surface area contributed by atoms with Crippen molar-refractivity contribution in [1.82, 2.24) is 19.9 Å². The van der Waals surface area contributed by atoms with E-state index < -0.39 is 0 Å². The molecule has 0 unspecified atom stereocenters. The van der Waals surface area contributed by atoms with Gasteiger partial charge in [0.25, 0.3) is 0 Å². The highest BCUT2D eigenvalue weighted by molar-refractivity contribution is 6.65. The molecule has 0 aliphatic rings. The Hall–Kier alpha value is -5.59. The van der Waals surface area contributed by atoms with Gasteiger partial charge in [0.05, 0.1) is 28.5 Å². The van der Waals surface area contributed by atoms with Crippen LogP contribution in [0.1, 0.15) is 18.1 Å². The second-order valence-corrected chi connectivity index (χ2v) is 10.5. The van der Waals surface area contributed by atoms with E-state index in [4.69, 9.17) is 16.6 Å². The first kappa shape index (κ1) is 28.5. The van der Waals surface area contributed by atoms with Crippen molar-refractivity contribution in [2.75, 3.05) is 0 Å². The highest BCUT2D eigenvalue weighted by Gasteiger charge is 2.09. The third-order valence-corrected chi connectivity index (χ3v) is 6.99. The summed E-state index contributed by atoms with van der Waals surface area (Å²) in [6, 6.07) is 35.6. The van der Waals surface area contributed by atoms with Crippen molar-refractivity contribution in [3.8, 4) is 45.0 Å². The summed E-state index contributed by atoms with van der Waals surface area (Å²) in [6.07, 6.45) is 7.23. The minimum absolute atomic E-state index is 0.378. The van der Waals surface area contributed by atoms with Crippen LogP contribution in [0.4, 0.5) is 0 Å². The maximum Gasteiger partial charge on any atom is 0.161 e. The van der Waals surface area contributed by atoms with Gasteiger partial charge < -0.3 is 0 Å². The molecule has 212 valence electrons. The molecule has 0 bridgehead atoms. The summed E-state index contributed by atoms with van der Waals surface area (Å²) in [5.41, 5.74) is 9.67. The monoisotopic (exact) mass is 590 g/mol. The van der Waals surface area contributed by atoms with Crippen molar-refractivity contribution < 1.29 is 0 Å². The van der Waals surface area contributed by atoms with E-state index >= 15 is 0 Å². The van der Waals surface area contributed by atoms with Crippen LogP contribution in [0.25, 0.3) is 50.7 Å². The summed E-state index contributed by atoms with van der Waals surface area (Å²) in [5.74, 6) is 0.475. The molecular formula is C37H27ClN6. The molecule has 0 aliphatic carbocycles. The largest absolute Gasteiger partial charge is 0.256 e. The van der Waals surface area contributed by atoms with Crippen LogP contribution in [0.2, 0.25) is 0 Å². The molecule has 4 heterocycles. The van der Waals surface area contributed by atoms with E-state index in [0.717, 1.165) is 56.2 Å². The molecule has 0 saturated carbocycles. The van der Waals surface area contributed by atoms with E-state index in [1.54, 1.807) is 19.3 Å². The van der Waals surface area contributed by atoms with Crippen molar-refractivity contribution in [1.29, 1.82) is 0 Å². The van der Waals surface area contributed by atoms with Gasteiger partial charge in [-0.2, -0.15) is 0 Å². The SMILES string of the molecule is C=C(N=C(N=C(C)Cl)c1ccc(-c2ccc(-c3ccccn3)cn2)cc1)c1ccc(-c2ccc(-c3ccccn3)cn2)cc1. The Labute approximate surface area is 261 Å². The number of halogens is 1. The number of aliphatic imine (C=N–C) groups is 2. The van der Waals surface area contributed by atoms with Crippen LogP contribution in [0.5, 0.6) is 0 Å². The van der Waals surface area contributed by atoms with E-state index in [0.29, 0.717) is 16.7 Å². The molecular weight excluding hydrogens is 564 g/mol. The maximum absolute atomic E-state index is 6.20. The van der Waals surface area contributed by atoms with Crippen molar-refractivity contribution in [3.05, 3.63) is 152 Å². The molecule has 44 heavy (non-hydrogen) atoms. The second-order valence-electron chi connectivity index (χ2n) is 9.94. The zero-order valence-electron chi connectivity index (χ0n) is 24.0. The van der Waals surface area contributed by atoms with Crippen molar-refractivity contribution in [3.63, 3.8) is 0 Å². The highest BCUT2D eigenvalue weighted by atomic mass is 35.5. The molecule has 6 nitrogen and oxygen atoms in total. The summed E-state index contributed by atoms with van der Waals surface area (Å²) < 4.78 is 0. The summed E-state index contributed by atoms with van der Waals surface area (Å²) in [7, 11) is 0. The van der Waals surface area contributed by atoms with Crippen LogP contribution in [0.15, 0.2) is 151 Å². The molecule has 0 aliphatic heterocycles. The number of hydrogen-bond acceptors (Lipinski definition) is 5. The number of pyridine rings is 4. The maximum atomic E-state index is 6.20. The Bertz CT molecular complexity index is 1930. The van der Waals surface area contributed by atoms with E-state index in [1.165, 1.54) is 0 Å². The van der Waals surface area contributed by atoms with Crippen LogP contribution < -0.4 is 0 Å². The Morgan fingerprint density at radius 2 is 0.977 bits per heavy atom. The summed E-state index contributed by atoms with van der Waals surface area (Å²) in [6.45, 7) is 5.93. The summed E-state index contributed by atoms with van der Waals surface area (Å²) in [5, 5.41) is 0.378. The normalized spacial score (nSPS) is 11.8. The van der Waals surface area contributed by atoms with Gasteiger partial charge in [-0.1, -0.05) is 78.8 Å². The molecule has 6 aromatic rings. The van der Waals surface area contributed by atoms with Gasteiger partial charge in [-0.05, 0) is 61.0 Å². The first-order valence-electron chi connectivity index (χ1n) is 14.0. The van der Waals surface area contributed by atoms with Crippen molar-refractivity contribution in [2.45, 2.75) is 6.92 Å². The standard InChI is InChI=1S/C37H27ClN6/c1-25(27-9-11-28(12-10-27)35-19-17-31(23-41-35)33-7-3-5-21-39-33)43-37(44-26(2)38)30-15-13-29(14-16-30)36-20-18-32(24-42-36)34-8-4-6-22-40-34/h3-24H,1H2,2H3. The Kier molecular flexibility index (Phi) is 8.53. The predicted molar refractivity (Wildman–Crippen MR) is 180 cm³/mol. The lowest BCUT2D eigenvalue weighted by Gasteiger charge is -2.08. The van der Waals surface area contributed by atoms with E-state index in [1.807, 2.05) is 122 Å². The molecule has 0 saturated heterocycles. The first-order valence-corrected chi connectivity index (χ1v) is 14.4. The zero-order valence-corrected chi connectivity index (χ0v) is 24.7. The number of amidine groups is 1. The second kappa shape index (κ2) is 13.2. The first-order chi connectivity index (χ1) is 21.5. The minimum atomic E-state index is 0.378. The topological polar surface area (TPSA) is 76.3 Å². The molecule has 0 atom stereocenters. The number of rotatable bonds is 7. The van der Waals surface area contributed by atoms with Crippen LogP contribution in [-0.4, -0.2) is 30.9 Å². The predicted octanol–water partition coefficient (Wildman–Crippen LogP) is 9.01. The van der Waals surface area contributed by atoms with Crippen LogP contribution in [0.3, 0.4) is 0 Å². The molecule has 7 heteroatoms. The van der Waals surface area contributed by atoms with E-state index in [2.05, 4.69) is 31.5 Å². The molecule has 6 rings (SSSR count). The van der Waals surface area contributed by atoms with Crippen molar-refractivity contribution >= 4 is 28.3 Å². The molecule has 0 fully saturated rings. The lowest BCUT2D eigenvalue weighted by Crippen LogP contribution is -2.00. The minimum Gasteiger partial charge on any atom is -0.256 e. The lowest BCUT2D eigenvalue weighted by atomic mass is 10.1. The number of nitrogens with zero attached hydrogens (tertiary/aromatic N) is 6. The average molecular weight is 591 g/mol. The van der Waals surface area contributed by atoms with Gasteiger partial charge in [0.1, 0.15) is 5.17 Å². The highest BCUT2D eigenvalue weighted by Crippen LogP contribution is 2.25. The third-order valence-electron chi connectivity index (χ3n) is 6.90. The average Bonchev–Trinajstić information content (AvgIpc) is 3.09. The van der Waals surface area contributed by atoms with Gasteiger partial charge in [-0.25, -0.2) is 9.98 Å². The zero-order chi connectivity index (χ0) is 30.3. The van der Waals surface area contributed by atoms with Gasteiger partial charge >= 0.3 is 0 Å². The van der Waals surface area contributed by atoms with Crippen LogP contribution in [0, 0.1) is 0 Å². The summed E-state index contributed by atoms with van der Waals surface area (Å²) in [4.78, 5) is 27.3. The Balaban J connectivity index is 1.19. The molecule has 0 radical (unpaired) electrons. The van der Waals surface area contributed by atoms with E-state index in [-0.39, 0.29) is 0 Å². The lowest BCUT2D eigenvalue weighted by molar-refractivity contribution is 1.28. The van der Waals surface area contributed by atoms with Crippen LogP contribution in [-0.2, 0) is 0 Å². The van der Waals surface area contributed by atoms with Crippen molar-refractivity contribution in [2.24, 2.45) is 9.98 Å². The smallest absolute Gasteiger partial charge is 0.161 e. The molecule has 4 aromatic heterocycles. The van der Waals surface area contributed by atoms with Gasteiger partial charge in [0.2, 0.25) is 0 Å². The fraction of sp³-hybridized carbons (Fsp3) is 0.0270. The Morgan fingerprint density at radius 3 is 1.39 bits per heavy atom. The number of aromatic nitrogens is 4. The number of hydrogen-bond donors (Lipinski definition) is 0. The number of benzene rings is 2. The van der Waals surface area contributed by atoms with Gasteiger partial charge in [0.15, 0.2) is 5.84 Å². The van der Waals surface area contributed by atoms with Gasteiger partial charge in [-0.3, -0.25) is 19.9 Å².